The predicted molar refractivity (Wildman–Crippen MR) is 116 cm³/mol. The molecule has 3 rings (SSSR count). The van der Waals surface area contributed by atoms with Gasteiger partial charge in [-0.2, -0.15) is 0 Å². The second-order valence-electron chi connectivity index (χ2n) is 7.34. The quantitative estimate of drug-likeness (QED) is 0.439. The Bertz CT molecular complexity index is 1200. The van der Waals surface area contributed by atoms with Crippen molar-refractivity contribution >= 4 is 16.7 Å². The molecule has 0 aliphatic heterocycles. The maximum Gasteiger partial charge on any atom is 0.273 e. The number of anilines is 1. The first kappa shape index (κ1) is 19.6. The number of nitrogens with one attached hydrogen (secondary N) is 1. The van der Waals surface area contributed by atoms with E-state index in [1.54, 1.807) is 13.8 Å². The third-order valence-electron chi connectivity index (χ3n) is 4.85. The number of benzene rings is 2. The fraction of sp³-hybridized carbons (Fsp3) is 0.391. The Morgan fingerprint density at radius 3 is 2.66 bits per heavy atom. The van der Waals surface area contributed by atoms with Crippen LogP contribution in [-0.2, 0) is 10.7 Å². The van der Waals surface area contributed by atoms with Crippen molar-refractivity contribution in [3.8, 4) is 11.5 Å². The molecule has 3 aromatic rings. The zero-order valence-corrected chi connectivity index (χ0v) is 18.1. The molecule has 0 saturated heterocycles. The highest BCUT2D eigenvalue weighted by Crippen LogP contribution is 2.36. The van der Waals surface area contributed by atoms with Crippen molar-refractivity contribution in [3.05, 3.63) is 53.1 Å². The second kappa shape index (κ2) is 9.60. The van der Waals surface area contributed by atoms with Gasteiger partial charge in [-0.3, -0.25) is 0 Å². The Kier molecular flexibility index (Phi) is 5.88. The van der Waals surface area contributed by atoms with E-state index in [0.29, 0.717) is 23.7 Å². The normalized spacial score (nSPS) is 14.4. The van der Waals surface area contributed by atoms with Crippen LogP contribution in [0.5, 0.6) is 11.5 Å². The van der Waals surface area contributed by atoms with Gasteiger partial charge in [-0.1, -0.05) is 18.2 Å². The van der Waals surface area contributed by atoms with Gasteiger partial charge >= 0.3 is 0 Å². The molecule has 2 aromatic carbocycles. The lowest BCUT2D eigenvalue weighted by Gasteiger charge is -2.20. The van der Waals surface area contributed by atoms with Crippen molar-refractivity contribution in [2.24, 2.45) is 0 Å². The van der Waals surface area contributed by atoms with Crippen LogP contribution in [0, 0.1) is 12.7 Å². The van der Waals surface area contributed by atoms with E-state index in [2.05, 4.69) is 15.3 Å². The first-order valence-electron chi connectivity index (χ1n) is 11.4. The molecule has 0 amide bonds. The summed E-state index contributed by atoms with van der Waals surface area (Å²) in [6.07, 6.45) is 0. The third kappa shape index (κ3) is 5.04. The molecule has 0 aliphatic carbocycles. The van der Waals surface area contributed by atoms with Gasteiger partial charge < -0.3 is 19.5 Å². The number of aromatic nitrogens is 2. The first-order valence-corrected chi connectivity index (χ1v) is 9.86. The molecule has 9 heteroatoms. The Morgan fingerprint density at radius 1 is 1.19 bits per heavy atom. The molecule has 0 aliphatic rings. The van der Waals surface area contributed by atoms with Gasteiger partial charge in [0.2, 0.25) is 0 Å². The number of aryl methyl sites for hydroxylation is 1. The zero-order chi connectivity index (χ0) is 26.0. The minimum atomic E-state index is -3.34. The lowest BCUT2D eigenvalue weighted by atomic mass is 10.0. The van der Waals surface area contributed by atoms with Crippen molar-refractivity contribution in [1.82, 2.24) is 9.97 Å². The molecule has 32 heavy (non-hydrogen) atoms. The van der Waals surface area contributed by atoms with Gasteiger partial charge in [-0.15, -0.1) is 0 Å². The molecule has 0 fully saturated rings. The predicted octanol–water partition coefficient (Wildman–Crippen LogP) is 5.40. The third-order valence-corrected chi connectivity index (χ3v) is 4.85. The number of halogens is 3. The van der Waals surface area contributed by atoms with Gasteiger partial charge in [0.15, 0.2) is 11.5 Å². The van der Waals surface area contributed by atoms with Gasteiger partial charge in [0, 0.05) is 31.0 Å². The molecule has 1 aromatic heterocycles. The highest BCUT2D eigenvalue weighted by Gasteiger charge is 2.30. The largest absolute Gasteiger partial charge is 0.493 e. The SMILES string of the molecule is [2H]C([2H])([2H])Oc1cc2nc(C)nc(N[C@H](C)c3cccc(C(C)(F)F)c3F)c2cc1OCCOC. The number of fused-ring (bicyclic) bond motifs is 1. The van der Waals surface area contributed by atoms with E-state index in [0.717, 1.165) is 6.07 Å². The van der Waals surface area contributed by atoms with Crippen molar-refractivity contribution in [1.29, 1.82) is 0 Å². The molecular formula is C23H26F3N3O3. The number of alkyl halides is 2. The van der Waals surface area contributed by atoms with Crippen LogP contribution < -0.4 is 14.8 Å². The molecule has 0 unspecified atom stereocenters. The molecule has 1 heterocycles. The summed E-state index contributed by atoms with van der Waals surface area (Å²) in [5, 5.41) is 3.49. The summed E-state index contributed by atoms with van der Waals surface area (Å²) in [6, 6.07) is 6.01. The summed E-state index contributed by atoms with van der Waals surface area (Å²) in [5.41, 5.74) is -0.320. The molecular weight excluding hydrogens is 423 g/mol. The molecule has 0 radical (unpaired) electrons. The van der Waals surface area contributed by atoms with Crippen LogP contribution in [0.15, 0.2) is 30.3 Å². The Balaban J connectivity index is 2.06. The molecule has 0 bridgehead atoms. The van der Waals surface area contributed by atoms with Crippen LogP contribution >= 0.6 is 0 Å². The van der Waals surface area contributed by atoms with Crippen LogP contribution in [0.1, 0.15) is 41.0 Å². The maximum atomic E-state index is 14.9. The van der Waals surface area contributed by atoms with Gasteiger partial charge in [0.25, 0.3) is 5.92 Å². The summed E-state index contributed by atoms with van der Waals surface area (Å²) < 4.78 is 80.6. The van der Waals surface area contributed by atoms with Crippen LogP contribution in [-0.4, -0.2) is 37.3 Å². The number of rotatable bonds is 9. The summed E-state index contributed by atoms with van der Waals surface area (Å²) in [7, 11) is -1.24. The van der Waals surface area contributed by atoms with Gasteiger partial charge in [0.05, 0.1) is 34.9 Å². The average Bonchev–Trinajstić information content (AvgIpc) is 2.72. The minimum Gasteiger partial charge on any atom is -0.493 e. The van der Waals surface area contributed by atoms with Crippen molar-refractivity contribution < 1.29 is 31.5 Å². The molecule has 172 valence electrons. The standard InChI is InChI=1S/C23H26F3N3O3/c1-13(15-7-6-8-17(21(15)24)23(3,25)26)27-22-16-11-20(32-10-9-30-4)19(31-5)12-18(16)28-14(2)29-22/h6-8,11-13H,9-10H2,1-5H3,(H,27,28,29)/t13-/m1/s1/i5D3. The lowest BCUT2D eigenvalue weighted by Crippen LogP contribution is -2.16. The van der Waals surface area contributed by atoms with Crippen LogP contribution in [0.4, 0.5) is 19.0 Å². The first-order chi connectivity index (χ1) is 16.3. The zero-order valence-electron chi connectivity index (χ0n) is 21.1. The number of hydrogen-bond donors (Lipinski definition) is 1. The fourth-order valence-corrected chi connectivity index (χ4v) is 3.30. The summed E-state index contributed by atoms with van der Waals surface area (Å²) in [5.74, 6) is -3.65. The number of ether oxygens (including phenoxy) is 3. The van der Waals surface area contributed by atoms with Gasteiger partial charge in [-0.25, -0.2) is 23.1 Å². The molecule has 1 atom stereocenters. The second-order valence-corrected chi connectivity index (χ2v) is 7.34. The average molecular weight is 452 g/mol. The van der Waals surface area contributed by atoms with E-state index < -0.39 is 30.4 Å². The Morgan fingerprint density at radius 2 is 1.97 bits per heavy atom. The van der Waals surface area contributed by atoms with E-state index >= 15 is 0 Å². The molecule has 1 N–H and O–H groups in total. The maximum absolute atomic E-state index is 14.9. The molecule has 6 nitrogen and oxygen atoms in total. The van der Waals surface area contributed by atoms with Crippen LogP contribution in [0.2, 0.25) is 0 Å². The molecule has 0 saturated carbocycles. The number of methoxy groups -OCH3 is 2. The van der Waals surface area contributed by atoms with Crippen molar-refractivity contribution in [2.45, 2.75) is 32.7 Å². The summed E-state index contributed by atoms with van der Waals surface area (Å²) in [4.78, 5) is 8.72. The summed E-state index contributed by atoms with van der Waals surface area (Å²) >= 11 is 0. The lowest BCUT2D eigenvalue weighted by molar-refractivity contribution is 0.0136. The van der Waals surface area contributed by atoms with E-state index in [1.807, 2.05) is 0 Å². The minimum absolute atomic E-state index is 0.0346. The fourth-order valence-electron chi connectivity index (χ4n) is 3.30. The van der Waals surface area contributed by atoms with E-state index in [9.17, 15) is 13.2 Å². The summed E-state index contributed by atoms with van der Waals surface area (Å²) in [6.45, 7) is 4.24. The smallest absolute Gasteiger partial charge is 0.273 e. The number of nitrogens with zero attached hydrogens (tertiary/aromatic N) is 2. The van der Waals surface area contributed by atoms with E-state index in [1.165, 1.54) is 31.4 Å². The van der Waals surface area contributed by atoms with Gasteiger partial charge in [0.1, 0.15) is 24.1 Å². The van der Waals surface area contributed by atoms with E-state index in [-0.39, 0.29) is 36.1 Å². The highest BCUT2D eigenvalue weighted by molar-refractivity contribution is 5.92. The Hall–Kier alpha value is -3.07. The van der Waals surface area contributed by atoms with Crippen LogP contribution in [0.3, 0.4) is 0 Å². The highest BCUT2D eigenvalue weighted by atomic mass is 19.3. The number of hydrogen-bond acceptors (Lipinski definition) is 6. The van der Waals surface area contributed by atoms with Gasteiger partial charge in [-0.05, 0) is 19.9 Å². The monoisotopic (exact) mass is 452 g/mol. The van der Waals surface area contributed by atoms with Crippen LogP contribution in [0.25, 0.3) is 10.9 Å². The van der Waals surface area contributed by atoms with E-state index in [4.69, 9.17) is 18.3 Å². The van der Waals surface area contributed by atoms with Crippen molar-refractivity contribution in [2.75, 3.05) is 32.7 Å². The van der Waals surface area contributed by atoms with Crippen molar-refractivity contribution in [3.63, 3.8) is 0 Å². The topological polar surface area (TPSA) is 65.5 Å². The molecule has 0 spiro atoms. The Labute approximate surface area is 188 Å².